The van der Waals surface area contributed by atoms with Gasteiger partial charge in [0, 0.05) is 6.61 Å². The number of carbonyl (C=O) groups is 1. The standard InChI is InChI=1S/C13H26N2O3/c1-9-7-11(8-10(2)18-9)17-6-5-13(3,15-4)12(14)16/h9-11,15H,5-8H2,1-4H3,(H2,14,16). The zero-order chi connectivity index (χ0) is 13.8. The Morgan fingerprint density at radius 3 is 2.44 bits per heavy atom. The molecule has 1 rings (SSSR count). The van der Waals surface area contributed by atoms with Gasteiger partial charge in [-0.3, -0.25) is 4.79 Å². The second kappa shape index (κ2) is 6.50. The Hall–Kier alpha value is -0.650. The lowest BCUT2D eigenvalue weighted by molar-refractivity contribution is -0.126. The van der Waals surface area contributed by atoms with Crippen LogP contribution in [0.1, 0.15) is 40.0 Å². The molecule has 0 aromatic carbocycles. The molecule has 106 valence electrons. The SMILES string of the molecule is CNC(C)(CCOC1CC(C)OC(C)C1)C(N)=O. The highest BCUT2D eigenvalue weighted by molar-refractivity contribution is 5.84. The Balaban J connectivity index is 2.35. The number of amides is 1. The predicted molar refractivity (Wildman–Crippen MR) is 70.3 cm³/mol. The van der Waals surface area contributed by atoms with Gasteiger partial charge in [-0.15, -0.1) is 0 Å². The minimum absolute atomic E-state index is 0.220. The van der Waals surface area contributed by atoms with E-state index < -0.39 is 5.54 Å². The number of likely N-dealkylation sites (N-methyl/N-ethyl adjacent to an activating group) is 1. The summed E-state index contributed by atoms with van der Waals surface area (Å²) in [6.45, 7) is 6.46. The summed E-state index contributed by atoms with van der Waals surface area (Å²) in [4.78, 5) is 11.3. The van der Waals surface area contributed by atoms with Crippen LogP contribution in [-0.4, -0.2) is 43.4 Å². The number of ether oxygens (including phenoxy) is 2. The first-order valence-electron chi connectivity index (χ1n) is 6.63. The Morgan fingerprint density at radius 1 is 1.44 bits per heavy atom. The zero-order valence-electron chi connectivity index (χ0n) is 11.9. The molecule has 0 spiro atoms. The third-order valence-corrected chi connectivity index (χ3v) is 3.71. The van der Waals surface area contributed by atoms with Gasteiger partial charge in [-0.2, -0.15) is 0 Å². The van der Waals surface area contributed by atoms with Crippen LogP contribution in [0, 0.1) is 0 Å². The summed E-state index contributed by atoms with van der Waals surface area (Å²) in [7, 11) is 1.74. The van der Waals surface area contributed by atoms with E-state index in [9.17, 15) is 4.79 Å². The molecule has 5 heteroatoms. The van der Waals surface area contributed by atoms with Gasteiger partial charge in [-0.25, -0.2) is 0 Å². The number of rotatable bonds is 6. The first-order chi connectivity index (χ1) is 8.37. The largest absolute Gasteiger partial charge is 0.378 e. The second-order valence-corrected chi connectivity index (χ2v) is 5.42. The summed E-state index contributed by atoms with van der Waals surface area (Å²) in [5, 5.41) is 2.95. The highest BCUT2D eigenvalue weighted by atomic mass is 16.5. The molecule has 1 saturated heterocycles. The summed E-state index contributed by atoms with van der Waals surface area (Å²) in [6.07, 6.45) is 3.11. The van der Waals surface area contributed by atoms with Crippen molar-refractivity contribution in [3.63, 3.8) is 0 Å². The van der Waals surface area contributed by atoms with E-state index >= 15 is 0 Å². The maximum Gasteiger partial charge on any atom is 0.237 e. The van der Waals surface area contributed by atoms with Crippen molar-refractivity contribution in [3.05, 3.63) is 0 Å². The van der Waals surface area contributed by atoms with E-state index in [1.165, 1.54) is 0 Å². The Kier molecular flexibility index (Phi) is 5.56. The van der Waals surface area contributed by atoms with E-state index in [0.717, 1.165) is 12.8 Å². The number of carbonyl (C=O) groups excluding carboxylic acids is 1. The van der Waals surface area contributed by atoms with E-state index in [0.29, 0.717) is 13.0 Å². The summed E-state index contributed by atoms with van der Waals surface area (Å²) < 4.78 is 11.5. The fourth-order valence-corrected chi connectivity index (χ4v) is 2.28. The Morgan fingerprint density at radius 2 is 2.00 bits per heavy atom. The van der Waals surface area contributed by atoms with Crippen LogP contribution < -0.4 is 11.1 Å². The van der Waals surface area contributed by atoms with E-state index in [2.05, 4.69) is 19.2 Å². The molecule has 1 aliphatic heterocycles. The van der Waals surface area contributed by atoms with Gasteiger partial charge in [-0.1, -0.05) is 0 Å². The van der Waals surface area contributed by atoms with Crippen molar-refractivity contribution in [3.8, 4) is 0 Å². The van der Waals surface area contributed by atoms with Crippen LogP contribution in [0.15, 0.2) is 0 Å². The lowest BCUT2D eigenvalue weighted by atomic mass is 9.97. The number of hydrogen-bond acceptors (Lipinski definition) is 4. The van der Waals surface area contributed by atoms with Crippen LogP contribution >= 0.6 is 0 Å². The highest BCUT2D eigenvalue weighted by Gasteiger charge is 2.30. The Bertz CT molecular complexity index is 275. The third-order valence-electron chi connectivity index (χ3n) is 3.71. The van der Waals surface area contributed by atoms with Gasteiger partial charge in [0.25, 0.3) is 0 Å². The van der Waals surface area contributed by atoms with Crippen LogP contribution in [0.4, 0.5) is 0 Å². The topological polar surface area (TPSA) is 73.6 Å². The van der Waals surface area contributed by atoms with Gasteiger partial charge in [0.2, 0.25) is 5.91 Å². The molecule has 5 nitrogen and oxygen atoms in total. The smallest absolute Gasteiger partial charge is 0.237 e. The van der Waals surface area contributed by atoms with Crippen molar-refractivity contribution in [2.45, 2.75) is 63.9 Å². The van der Waals surface area contributed by atoms with Crippen LogP contribution in [0.3, 0.4) is 0 Å². The van der Waals surface area contributed by atoms with Crippen molar-refractivity contribution >= 4 is 5.91 Å². The molecule has 1 amide bonds. The summed E-state index contributed by atoms with van der Waals surface area (Å²) in [5.74, 6) is -0.345. The molecule has 3 unspecified atom stereocenters. The molecule has 0 bridgehead atoms. The van der Waals surface area contributed by atoms with Crippen molar-refractivity contribution in [2.24, 2.45) is 5.73 Å². The van der Waals surface area contributed by atoms with Crippen LogP contribution in [0.2, 0.25) is 0 Å². The average Bonchev–Trinajstić information content (AvgIpc) is 2.27. The summed E-state index contributed by atoms with van der Waals surface area (Å²) in [5.41, 5.74) is 4.68. The van der Waals surface area contributed by atoms with Crippen molar-refractivity contribution < 1.29 is 14.3 Å². The molecule has 1 heterocycles. The van der Waals surface area contributed by atoms with E-state index in [1.54, 1.807) is 14.0 Å². The number of nitrogens with two attached hydrogens (primary N) is 1. The van der Waals surface area contributed by atoms with Gasteiger partial charge >= 0.3 is 0 Å². The molecular formula is C13H26N2O3. The highest BCUT2D eigenvalue weighted by Crippen LogP contribution is 2.22. The minimum Gasteiger partial charge on any atom is -0.378 e. The van der Waals surface area contributed by atoms with E-state index in [1.807, 2.05) is 0 Å². The molecule has 1 fully saturated rings. The van der Waals surface area contributed by atoms with E-state index in [-0.39, 0.29) is 24.2 Å². The maximum atomic E-state index is 11.3. The molecule has 0 aromatic heterocycles. The number of hydrogen-bond donors (Lipinski definition) is 2. The normalized spacial score (nSPS) is 31.9. The first-order valence-corrected chi connectivity index (χ1v) is 6.63. The van der Waals surface area contributed by atoms with Gasteiger partial charge in [0.15, 0.2) is 0 Å². The summed E-state index contributed by atoms with van der Waals surface area (Å²) in [6, 6.07) is 0. The van der Waals surface area contributed by atoms with Crippen molar-refractivity contribution in [1.82, 2.24) is 5.32 Å². The molecule has 3 atom stereocenters. The lowest BCUT2D eigenvalue weighted by Crippen LogP contribution is -2.52. The van der Waals surface area contributed by atoms with Gasteiger partial charge < -0.3 is 20.5 Å². The number of nitrogens with one attached hydrogen (secondary N) is 1. The van der Waals surface area contributed by atoms with Gasteiger partial charge in [-0.05, 0) is 47.1 Å². The second-order valence-electron chi connectivity index (χ2n) is 5.42. The first kappa shape index (κ1) is 15.4. The van der Waals surface area contributed by atoms with Crippen LogP contribution in [0.25, 0.3) is 0 Å². The molecular weight excluding hydrogens is 232 g/mol. The van der Waals surface area contributed by atoms with Gasteiger partial charge in [0.05, 0.1) is 23.9 Å². The van der Waals surface area contributed by atoms with Crippen LogP contribution in [-0.2, 0) is 14.3 Å². The monoisotopic (exact) mass is 258 g/mol. The van der Waals surface area contributed by atoms with E-state index in [4.69, 9.17) is 15.2 Å². The fourth-order valence-electron chi connectivity index (χ4n) is 2.28. The van der Waals surface area contributed by atoms with Gasteiger partial charge in [0.1, 0.15) is 0 Å². The zero-order valence-corrected chi connectivity index (χ0v) is 11.9. The van der Waals surface area contributed by atoms with Crippen molar-refractivity contribution in [2.75, 3.05) is 13.7 Å². The number of primary amides is 1. The van der Waals surface area contributed by atoms with Crippen LogP contribution in [0.5, 0.6) is 0 Å². The molecule has 0 aliphatic carbocycles. The van der Waals surface area contributed by atoms with Crippen molar-refractivity contribution in [1.29, 1.82) is 0 Å². The predicted octanol–water partition coefficient (Wildman–Crippen LogP) is 0.812. The molecule has 0 aromatic rings. The Labute approximate surface area is 109 Å². The molecule has 3 N–H and O–H groups in total. The molecule has 1 aliphatic rings. The molecule has 18 heavy (non-hydrogen) atoms. The maximum absolute atomic E-state index is 11.3. The lowest BCUT2D eigenvalue weighted by Gasteiger charge is -2.33. The fraction of sp³-hybridized carbons (Fsp3) is 0.923. The summed E-state index contributed by atoms with van der Waals surface area (Å²) >= 11 is 0. The molecule has 0 radical (unpaired) electrons. The molecule has 0 saturated carbocycles. The average molecular weight is 258 g/mol. The minimum atomic E-state index is -0.692. The quantitative estimate of drug-likeness (QED) is 0.739. The third kappa shape index (κ3) is 4.23.